The molecular formula is C10H14NS+. The molecule has 64 valence electrons. The van der Waals surface area contributed by atoms with E-state index < -0.39 is 0 Å². The van der Waals surface area contributed by atoms with E-state index in [9.17, 15) is 0 Å². The molecule has 3 rings (SSSR count). The summed E-state index contributed by atoms with van der Waals surface area (Å²) >= 11 is 1.95. The predicted molar refractivity (Wildman–Crippen MR) is 50.3 cm³/mol. The van der Waals surface area contributed by atoms with Gasteiger partial charge in [-0.15, -0.1) is 11.3 Å². The number of rotatable bonds is 1. The summed E-state index contributed by atoms with van der Waals surface area (Å²) in [6.07, 6.45) is 4.24. The quantitative estimate of drug-likeness (QED) is 0.671. The Morgan fingerprint density at radius 2 is 2.33 bits per heavy atom. The molecule has 1 aliphatic carbocycles. The van der Waals surface area contributed by atoms with Crippen LogP contribution < -0.4 is 5.32 Å². The van der Waals surface area contributed by atoms with E-state index in [0.29, 0.717) is 0 Å². The van der Waals surface area contributed by atoms with E-state index in [1.807, 2.05) is 11.3 Å². The maximum absolute atomic E-state index is 2.55. The van der Waals surface area contributed by atoms with E-state index in [2.05, 4.69) is 16.8 Å². The fourth-order valence-corrected chi connectivity index (χ4v) is 3.23. The van der Waals surface area contributed by atoms with Gasteiger partial charge in [-0.1, -0.05) is 0 Å². The van der Waals surface area contributed by atoms with Crippen molar-refractivity contribution in [2.24, 2.45) is 5.92 Å². The summed E-state index contributed by atoms with van der Waals surface area (Å²) in [7, 11) is 0. The zero-order valence-electron chi connectivity index (χ0n) is 7.12. The van der Waals surface area contributed by atoms with Crippen molar-refractivity contribution in [1.82, 2.24) is 0 Å². The minimum atomic E-state index is 0.833. The molecule has 0 amide bonds. The van der Waals surface area contributed by atoms with Gasteiger partial charge in [-0.3, -0.25) is 0 Å². The van der Waals surface area contributed by atoms with E-state index in [4.69, 9.17) is 0 Å². The summed E-state index contributed by atoms with van der Waals surface area (Å²) in [6, 6.07) is 3.18. The molecule has 1 aromatic heterocycles. The van der Waals surface area contributed by atoms with Gasteiger partial charge in [-0.05, 0) is 24.3 Å². The number of quaternary nitrogens is 1. The van der Waals surface area contributed by atoms with Crippen molar-refractivity contribution in [3.63, 3.8) is 0 Å². The van der Waals surface area contributed by atoms with Gasteiger partial charge in [0.2, 0.25) is 0 Å². The first-order valence-electron chi connectivity index (χ1n) is 4.85. The third kappa shape index (κ3) is 1.02. The molecule has 1 fully saturated rings. The van der Waals surface area contributed by atoms with Crippen LogP contribution in [0.3, 0.4) is 0 Å². The standard InChI is InChI=1S/C10H13NS/c1-2-7(1)10-8-4-6-12-9(8)3-5-11-10/h4,6-7,10-11H,1-3,5H2/p+1/t10-/m1/s1. The van der Waals surface area contributed by atoms with Crippen LogP contribution in [0, 0.1) is 5.92 Å². The van der Waals surface area contributed by atoms with Crippen molar-refractivity contribution in [3.8, 4) is 0 Å². The van der Waals surface area contributed by atoms with E-state index in [-0.39, 0.29) is 0 Å². The lowest BCUT2D eigenvalue weighted by molar-refractivity contribution is -0.702. The van der Waals surface area contributed by atoms with Gasteiger partial charge in [-0.25, -0.2) is 0 Å². The summed E-state index contributed by atoms with van der Waals surface area (Å²) in [5, 5.41) is 4.81. The average molecular weight is 180 g/mol. The van der Waals surface area contributed by atoms with Crippen LogP contribution in [0.1, 0.15) is 29.3 Å². The Morgan fingerprint density at radius 3 is 3.17 bits per heavy atom. The SMILES string of the molecule is c1cc2c(s1)CC[NH2+][C@@H]2C1CC1. The number of hydrogen-bond acceptors (Lipinski definition) is 1. The summed E-state index contributed by atoms with van der Waals surface area (Å²) in [4.78, 5) is 1.66. The Balaban J connectivity index is 1.97. The molecule has 2 heterocycles. The Morgan fingerprint density at radius 1 is 1.42 bits per heavy atom. The minimum absolute atomic E-state index is 0.833. The lowest BCUT2D eigenvalue weighted by atomic mass is 9.99. The molecule has 1 nitrogen and oxygen atoms in total. The maximum Gasteiger partial charge on any atom is 0.115 e. The number of thiophene rings is 1. The van der Waals surface area contributed by atoms with Gasteiger partial charge in [0.1, 0.15) is 6.04 Å². The molecule has 0 radical (unpaired) electrons. The van der Waals surface area contributed by atoms with Gasteiger partial charge in [0, 0.05) is 22.8 Å². The number of hydrogen-bond donors (Lipinski definition) is 1. The highest BCUT2D eigenvalue weighted by Crippen LogP contribution is 2.41. The van der Waals surface area contributed by atoms with Crippen molar-refractivity contribution < 1.29 is 5.32 Å². The van der Waals surface area contributed by atoms with E-state index in [0.717, 1.165) is 12.0 Å². The highest BCUT2D eigenvalue weighted by atomic mass is 32.1. The molecule has 1 atom stereocenters. The van der Waals surface area contributed by atoms with E-state index >= 15 is 0 Å². The molecule has 0 unspecified atom stereocenters. The zero-order chi connectivity index (χ0) is 7.97. The van der Waals surface area contributed by atoms with Gasteiger partial charge in [-0.2, -0.15) is 0 Å². The van der Waals surface area contributed by atoms with Crippen molar-refractivity contribution in [2.45, 2.75) is 25.3 Å². The first-order valence-corrected chi connectivity index (χ1v) is 5.73. The van der Waals surface area contributed by atoms with Crippen molar-refractivity contribution in [2.75, 3.05) is 6.54 Å². The topological polar surface area (TPSA) is 16.6 Å². The zero-order valence-corrected chi connectivity index (χ0v) is 7.94. The average Bonchev–Trinajstić information content (AvgIpc) is 2.82. The molecule has 0 spiro atoms. The molecule has 0 saturated heterocycles. The highest BCUT2D eigenvalue weighted by Gasteiger charge is 2.38. The van der Waals surface area contributed by atoms with Crippen LogP contribution in [0.4, 0.5) is 0 Å². The maximum atomic E-state index is 2.55. The smallest absolute Gasteiger partial charge is 0.115 e. The van der Waals surface area contributed by atoms with Crippen LogP contribution in [0.25, 0.3) is 0 Å². The molecule has 1 saturated carbocycles. The van der Waals surface area contributed by atoms with Gasteiger partial charge in [0.05, 0.1) is 6.54 Å². The second-order valence-corrected chi connectivity index (χ2v) is 4.94. The molecular weight excluding hydrogens is 166 g/mol. The van der Waals surface area contributed by atoms with Crippen molar-refractivity contribution in [3.05, 3.63) is 21.9 Å². The highest BCUT2D eigenvalue weighted by molar-refractivity contribution is 7.10. The summed E-state index contributed by atoms with van der Waals surface area (Å²) < 4.78 is 0. The molecule has 0 aromatic carbocycles. The molecule has 2 N–H and O–H groups in total. The minimum Gasteiger partial charge on any atom is -0.339 e. The third-order valence-corrected chi connectivity index (χ3v) is 4.06. The lowest BCUT2D eigenvalue weighted by Gasteiger charge is -2.20. The van der Waals surface area contributed by atoms with Crippen molar-refractivity contribution >= 4 is 11.3 Å². The second-order valence-electron chi connectivity index (χ2n) is 3.94. The van der Waals surface area contributed by atoms with Crippen molar-refractivity contribution in [1.29, 1.82) is 0 Å². The number of nitrogens with two attached hydrogens (primary N) is 1. The van der Waals surface area contributed by atoms with Gasteiger partial charge < -0.3 is 5.32 Å². The molecule has 0 bridgehead atoms. The summed E-state index contributed by atoms with van der Waals surface area (Å²) in [5.74, 6) is 1.01. The van der Waals surface area contributed by atoms with Gasteiger partial charge in [0.25, 0.3) is 0 Å². The largest absolute Gasteiger partial charge is 0.339 e. The van der Waals surface area contributed by atoms with Crippen LogP contribution in [0.15, 0.2) is 11.4 Å². The Hall–Kier alpha value is -0.340. The normalized spacial score (nSPS) is 28.5. The van der Waals surface area contributed by atoms with E-state index in [1.165, 1.54) is 25.8 Å². The van der Waals surface area contributed by atoms with Crippen LogP contribution in [-0.4, -0.2) is 6.54 Å². The molecule has 1 aromatic rings. The van der Waals surface area contributed by atoms with Crippen LogP contribution >= 0.6 is 11.3 Å². The Labute approximate surface area is 76.8 Å². The first kappa shape index (κ1) is 7.10. The Kier molecular flexibility index (Phi) is 1.52. The third-order valence-electron chi connectivity index (χ3n) is 3.06. The van der Waals surface area contributed by atoms with Gasteiger partial charge >= 0.3 is 0 Å². The monoisotopic (exact) mass is 180 g/mol. The summed E-state index contributed by atoms with van der Waals surface area (Å²) in [6.45, 7) is 1.31. The fraction of sp³-hybridized carbons (Fsp3) is 0.600. The Bertz CT molecular complexity index is 288. The van der Waals surface area contributed by atoms with Crippen LogP contribution in [-0.2, 0) is 6.42 Å². The lowest BCUT2D eigenvalue weighted by Crippen LogP contribution is -2.87. The molecule has 2 heteroatoms. The molecule has 2 aliphatic rings. The fourth-order valence-electron chi connectivity index (χ4n) is 2.27. The predicted octanol–water partition coefficient (Wildman–Crippen LogP) is 1.32. The first-order chi connectivity index (χ1) is 5.95. The van der Waals surface area contributed by atoms with Crippen LogP contribution in [0.5, 0.6) is 0 Å². The molecule has 1 aliphatic heterocycles. The van der Waals surface area contributed by atoms with Crippen LogP contribution in [0.2, 0.25) is 0 Å². The second kappa shape index (κ2) is 2.57. The summed E-state index contributed by atoms with van der Waals surface area (Å²) in [5.41, 5.74) is 1.66. The molecule has 12 heavy (non-hydrogen) atoms. The number of fused-ring (bicyclic) bond motifs is 1. The van der Waals surface area contributed by atoms with Gasteiger partial charge in [0.15, 0.2) is 0 Å². The van der Waals surface area contributed by atoms with E-state index in [1.54, 1.807) is 10.4 Å².